The van der Waals surface area contributed by atoms with Crippen LogP contribution in [0.25, 0.3) is 0 Å². The summed E-state index contributed by atoms with van der Waals surface area (Å²) in [7, 11) is 1.81. The summed E-state index contributed by atoms with van der Waals surface area (Å²) in [6.07, 6.45) is 6.30. The van der Waals surface area contributed by atoms with E-state index in [1.165, 1.54) is 0 Å². The largest absolute Gasteiger partial charge is 0.370 e. The van der Waals surface area contributed by atoms with Gasteiger partial charge in [0.05, 0.1) is 17.4 Å². The van der Waals surface area contributed by atoms with Crippen molar-refractivity contribution >= 4 is 11.8 Å². The van der Waals surface area contributed by atoms with Gasteiger partial charge in [-0.2, -0.15) is 5.10 Å². The lowest BCUT2D eigenvalue weighted by Crippen LogP contribution is -2.47. The molecule has 7 heteroatoms. The molecule has 2 aliphatic heterocycles. The zero-order valence-electron chi connectivity index (χ0n) is 18.4. The zero-order valence-corrected chi connectivity index (χ0v) is 18.4. The van der Waals surface area contributed by atoms with Crippen LogP contribution < -0.4 is 5.32 Å². The molecule has 3 heterocycles. The second-order valence-corrected chi connectivity index (χ2v) is 9.04. The molecule has 0 unspecified atom stereocenters. The summed E-state index contributed by atoms with van der Waals surface area (Å²) in [6.45, 7) is 8.34. The molecule has 3 rings (SSSR count). The van der Waals surface area contributed by atoms with Crippen molar-refractivity contribution < 1.29 is 14.3 Å². The Morgan fingerprint density at radius 3 is 2.69 bits per heavy atom. The molecular weight excluding hydrogens is 368 g/mol. The first kappa shape index (κ1) is 21.8. The summed E-state index contributed by atoms with van der Waals surface area (Å²) >= 11 is 0. The highest BCUT2D eigenvalue weighted by Crippen LogP contribution is 2.38. The molecule has 1 spiro atoms. The van der Waals surface area contributed by atoms with Crippen molar-refractivity contribution in [3.63, 3.8) is 0 Å². The quantitative estimate of drug-likeness (QED) is 0.758. The van der Waals surface area contributed by atoms with Crippen LogP contribution in [0.1, 0.15) is 75.5 Å². The van der Waals surface area contributed by atoms with E-state index < -0.39 is 0 Å². The van der Waals surface area contributed by atoms with Crippen LogP contribution in [0, 0.1) is 5.92 Å². The van der Waals surface area contributed by atoms with E-state index in [1.54, 1.807) is 4.68 Å². The van der Waals surface area contributed by atoms with Gasteiger partial charge in [0, 0.05) is 33.1 Å². The van der Waals surface area contributed by atoms with E-state index in [4.69, 9.17) is 4.74 Å². The minimum atomic E-state index is -0.120. The lowest BCUT2D eigenvalue weighted by Gasteiger charge is -2.39. The number of hydrogen-bond donors (Lipinski definition) is 1. The Bertz CT molecular complexity index is 720. The van der Waals surface area contributed by atoms with Crippen molar-refractivity contribution in [1.29, 1.82) is 0 Å². The van der Waals surface area contributed by atoms with Gasteiger partial charge in [-0.05, 0) is 44.1 Å². The number of hydrogen-bond acceptors (Lipinski definition) is 4. The molecule has 29 heavy (non-hydrogen) atoms. The van der Waals surface area contributed by atoms with E-state index in [0.717, 1.165) is 57.3 Å². The molecule has 1 N–H and O–H groups in total. The van der Waals surface area contributed by atoms with Crippen molar-refractivity contribution in [1.82, 2.24) is 20.0 Å². The number of aryl methyl sites for hydroxylation is 2. The highest BCUT2D eigenvalue weighted by Gasteiger charge is 2.43. The molecule has 0 aromatic carbocycles. The van der Waals surface area contributed by atoms with Gasteiger partial charge in [0.25, 0.3) is 5.91 Å². The zero-order chi connectivity index (χ0) is 21.0. The summed E-state index contributed by atoms with van der Waals surface area (Å²) < 4.78 is 8.04. The molecule has 2 aliphatic rings. The van der Waals surface area contributed by atoms with Gasteiger partial charge in [0.2, 0.25) is 5.91 Å². The normalized spacial score (nSPS) is 21.1. The van der Waals surface area contributed by atoms with Crippen LogP contribution in [-0.2, 0) is 23.0 Å². The van der Waals surface area contributed by atoms with Gasteiger partial charge in [-0.25, -0.2) is 0 Å². The Kier molecular flexibility index (Phi) is 6.98. The van der Waals surface area contributed by atoms with Crippen LogP contribution in [0.15, 0.2) is 6.07 Å². The van der Waals surface area contributed by atoms with Crippen LogP contribution in [0.5, 0.6) is 0 Å². The molecule has 7 nitrogen and oxygen atoms in total. The van der Waals surface area contributed by atoms with E-state index in [0.29, 0.717) is 24.6 Å². The van der Waals surface area contributed by atoms with Gasteiger partial charge in [0.15, 0.2) is 0 Å². The van der Waals surface area contributed by atoms with E-state index in [2.05, 4.69) is 31.2 Å². The van der Waals surface area contributed by atoms with Crippen molar-refractivity contribution in [2.75, 3.05) is 19.6 Å². The molecule has 2 saturated heterocycles. The Hall–Kier alpha value is -1.89. The number of carbonyl (C=O) groups excluding carboxylic acids is 2. The average Bonchev–Trinajstić information content (AvgIpc) is 3.23. The smallest absolute Gasteiger partial charge is 0.269 e. The molecular formula is C22H36N4O3. The monoisotopic (exact) mass is 404 g/mol. The lowest BCUT2D eigenvalue weighted by molar-refractivity contribution is -0.138. The SMILES string of the molecule is CCCc1cc(C(=O)NC[C@@H]2CCC3(CCN(C(=O)CC(C)C)CC3)O2)n(C)n1. The van der Waals surface area contributed by atoms with Crippen LogP contribution in [0.4, 0.5) is 0 Å². The molecule has 2 amide bonds. The highest BCUT2D eigenvalue weighted by molar-refractivity contribution is 5.92. The van der Waals surface area contributed by atoms with Gasteiger partial charge in [0.1, 0.15) is 5.69 Å². The maximum atomic E-state index is 12.5. The van der Waals surface area contributed by atoms with Gasteiger partial charge in [-0.1, -0.05) is 27.2 Å². The molecule has 1 atom stereocenters. The lowest BCUT2D eigenvalue weighted by atomic mass is 9.88. The predicted molar refractivity (Wildman–Crippen MR) is 112 cm³/mol. The van der Waals surface area contributed by atoms with Crippen molar-refractivity contribution in [2.45, 2.75) is 77.4 Å². The highest BCUT2D eigenvalue weighted by atomic mass is 16.5. The van der Waals surface area contributed by atoms with E-state index >= 15 is 0 Å². The predicted octanol–water partition coefficient (Wildman–Crippen LogP) is 2.69. The van der Waals surface area contributed by atoms with E-state index in [1.807, 2.05) is 18.0 Å². The third-order valence-electron chi connectivity index (χ3n) is 6.11. The van der Waals surface area contributed by atoms with Crippen molar-refractivity contribution in [3.8, 4) is 0 Å². The maximum Gasteiger partial charge on any atom is 0.269 e. The number of ether oxygens (including phenoxy) is 1. The minimum absolute atomic E-state index is 0.0419. The number of carbonyl (C=O) groups is 2. The van der Waals surface area contributed by atoms with Crippen molar-refractivity contribution in [3.05, 3.63) is 17.5 Å². The number of rotatable bonds is 7. The molecule has 1 aromatic rings. The third-order valence-corrected chi connectivity index (χ3v) is 6.11. The molecule has 0 saturated carbocycles. The van der Waals surface area contributed by atoms with Crippen LogP contribution in [0.2, 0.25) is 0 Å². The summed E-state index contributed by atoms with van der Waals surface area (Å²) in [4.78, 5) is 26.8. The van der Waals surface area contributed by atoms with Gasteiger partial charge >= 0.3 is 0 Å². The topological polar surface area (TPSA) is 76.5 Å². The first-order chi connectivity index (χ1) is 13.8. The average molecular weight is 405 g/mol. The number of likely N-dealkylation sites (tertiary alicyclic amines) is 1. The molecule has 162 valence electrons. The number of nitrogens with one attached hydrogen (secondary N) is 1. The maximum absolute atomic E-state index is 12.5. The van der Waals surface area contributed by atoms with E-state index in [9.17, 15) is 9.59 Å². The van der Waals surface area contributed by atoms with Gasteiger partial charge < -0.3 is 15.0 Å². The molecule has 0 radical (unpaired) electrons. The van der Waals surface area contributed by atoms with Crippen molar-refractivity contribution in [2.24, 2.45) is 13.0 Å². The van der Waals surface area contributed by atoms with Crippen LogP contribution in [0.3, 0.4) is 0 Å². The third kappa shape index (κ3) is 5.38. The van der Waals surface area contributed by atoms with Gasteiger partial charge in [-0.15, -0.1) is 0 Å². The molecule has 2 fully saturated rings. The fraction of sp³-hybridized carbons (Fsp3) is 0.773. The fourth-order valence-corrected chi connectivity index (χ4v) is 4.46. The number of amides is 2. The fourth-order valence-electron chi connectivity index (χ4n) is 4.46. The Morgan fingerprint density at radius 1 is 1.31 bits per heavy atom. The number of aromatic nitrogens is 2. The minimum Gasteiger partial charge on any atom is -0.370 e. The van der Waals surface area contributed by atoms with Crippen LogP contribution in [-0.4, -0.2) is 57.8 Å². The first-order valence-electron chi connectivity index (χ1n) is 11.1. The summed E-state index contributed by atoms with van der Waals surface area (Å²) in [5, 5.41) is 7.42. The van der Waals surface area contributed by atoms with Gasteiger partial charge in [-0.3, -0.25) is 14.3 Å². The Morgan fingerprint density at radius 2 is 2.03 bits per heavy atom. The number of piperidine rings is 1. The van der Waals surface area contributed by atoms with Crippen LogP contribution >= 0.6 is 0 Å². The second kappa shape index (κ2) is 9.28. The summed E-state index contributed by atoms with van der Waals surface area (Å²) in [6, 6.07) is 1.87. The van der Waals surface area contributed by atoms with E-state index in [-0.39, 0.29) is 23.5 Å². The second-order valence-electron chi connectivity index (χ2n) is 9.04. The Balaban J connectivity index is 1.46. The first-order valence-corrected chi connectivity index (χ1v) is 11.1. The molecule has 0 bridgehead atoms. The molecule has 0 aliphatic carbocycles. The standard InChI is InChI=1S/C22H36N4O3/c1-5-6-17-14-19(25(4)24-17)21(28)23-15-18-7-8-22(29-18)9-11-26(12-10-22)20(27)13-16(2)3/h14,16,18H,5-13,15H2,1-4H3,(H,23,28)/t18-/m0/s1. The summed E-state index contributed by atoms with van der Waals surface area (Å²) in [5.41, 5.74) is 1.43. The Labute approximate surface area is 174 Å². The molecule has 1 aromatic heterocycles. The number of nitrogens with zero attached hydrogens (tertiary/aromatic N) is 3. The summed E-state index contributed by atoms with van der Waals surface area (Å²) in [5.74, 6) is 0.558.